The fourth-order valence-corrected chi connectivity index (χ4v) is 1.88. The highest BCUT2D eigenvalue weighted by Gasteiger charge is 2.51. The fraction of sp³-hybridized carbons (Fsp3) is 0.417. The maximum atomic E-state index is 12.0. The molecular weight excluding hydrogens is 231 g/mol. The van der Waals surface area contributed by atoms with E-state index in [4.69, 9.17) is 0 Å². The number of benzene rings is 1. The van der Waals surface area contributed by atoms with E-state index < -0.39 is 24.0 Å². The standard InChI is InChI=1S/C12H12F3NO/c13-12(14,15)8-16-10(17)11(6-7-11)9-4-2-1-3-5-9/h1-5H,6-8H2,(H,16,17). The molecule has 0 aromatic heterocycles. The van der Waals surface area contributed by atoms with Gasteiger partial charge in [-0.25, -0.2) is 0 Å². The number of nitrogens with one attached hydrogen (secondary N) is 1. The molecule has 0 spiro atoms. The first-order valence-electron chi connectivity index (χ1n) is 5.35. The minimum Gasteiger partial charge on any atom is -0.346 e. The maximum Gasteiger partial charge on any atom is 0.405 e. The average molecular weight is 243 g/mol. The minimum absolute atomic E-state index is 0.527. The first kappa shape index (κ1) is 12.0. The van der Waals surface area contributed by atoms with Crippen LogP contribution in [0.25, 0.3) is 0 Å². The third kappa shape index (κ3) is 2.60. The van der Waals surface area contributed by atoms with Crippen LogP contribution in [0.5, 0.6) is 0 Å². The third-order valence-electron chi connectivity index (χ3n) is 2.96. The summed E-state index contributed by atoms with van der Waals surface area (Å²) < 4.78 is 36.0. The van der Waals surface area contributed by atoms with Crippen LogP contribution in [0.15, 0.2) is 30.3 Å². The lowest BCUT2D eigenvalue weighted by atomic mass is 9.95. The lowest BCUT2D eigenvalue weighted by Gasteiger charge is -2.16. The molecule has 0 aliphatic heterocycles. The summed E-state index contributed by atoms with van der Waals surface area (Å²) in [7, 11) is 0. The predicted molar refractivity (Wildman–Crippen MR) is 56.4 cm³/mol. The number of hydrogen-bond acceptors (Lipinski definition) is 1. The molecule has 5 heteroatoms. The van der Waals surface area contributed by atoms with Crippen molar-refractivity contribution in [3.8, 4) is 0 Å². The van der Waals surface area contributed by atoms with Crippen molar-refractivity contribution in [2.75, 3.05) is 6.54 Å². The highest BCUT2D eigenvalue weighted by molar-refractivity contribution is 5.91. The van der Waals surface area contributed by atoms with Gasteiger partial charge in [-0.3, -0.25) is 4.79 Å². The van der Waals surface area contributed by atoms with Crippen molar-refractivity contribution >= 4 is 5.91 Å². The van der Waals surface area contributed by atoms with Gasteiger partial charge in [0.15, 0.2) is 0 Å². The van der Waals surface area contributed by atoms with E-state index in [2.05, 4.69) is 0 Å². The van der Waals surface area contributed by atoms with Crippen molar-refractivity contribution in [3.05, 3.63) is 35.9 Å². The smallest absolute Gasteiger partial charge is 0.346 e. The summed E-state index contributed by atoms with van der Waals surface area (Å²) in [4.78, 5) is 11.8. The molecule has 1 aliphatic carbocycles. The topological polar surface area (TPSA) is 29.1 Å². The average Bonchev–Trinajstić information content (AvgIpc) is 3.07. The highest BCUT2D eigenvalue weighted by atomic mass is 19.4. The van der Waals surface area contributed by atoms with Crippen molar-refractivity contribution in [1.29, 1.82) is 0 Å². The van der Waals surface area contributed by atoms with Crippen LogP contribution < -0.4 is 5.32 Å². The molecule has 2 nitrogen and oxygen atoms in total. The van der Waals surface area contributed by atoms with Crippen LogP contribution in [0, 0.1) is 0 Å². The monoisotopic (exact) mass is 243 g/mol. The molecule has 0 saturated heterocycles. The molecular formula is C12H12F3NO. The van der Waals surface area contributed by atoms with Gasteiger partial charge in [-0.1, -0.05) is 30.3 Å². The first-order valence-corrected chi connectivity index (χ1v) is 5.35. The Hall–Kier alpha value is -1.52. The molecule has 1 amide bonds. The van der Waals surface area contributed by atoms with Crippen LogP contribution in [0.4, 0.5) is 13.2 Å². The number of carbonyl (C=O) groups is 1. The Labute approximate surface area is 96.8 Å². The van der Waals surface area contributed by atoms with Crippen LogP contribution in [-0.4, -0.2) is 18.6 Å². The van der Waals surface area contributed by atoms with Crippen LogP contribution in [0.1, 0.15) is 18.4 Å². The van der Waals surface area contributed by atoms with Gasteiger partial charge in [0.2, 0.25) is 5.91 Å². The second-order valence-corrected chi connectivity index (χ2v) is 4.25. The van der Waals surface area contributed by atoms with E-state index in [0.29, 0.717) is 12.8 Å². The largest absolute Gasteiger partial charge is 0.405 e. The van der Waals surface area contributed by atoms with Crippen LogP contribution in [-0.2, 0) is 10.2 Å². The Morgan fingerprint density at radius 1 is 1.24 bits per heavy atom. The number of rotatable bonds is 3. The van der Waals surface area contributed by atoms with Gasteiger partial charge in [0.1, 0.15) is 6.54 Å². The Kier molecular flexibility index (Phi) is 2.85. The molecule has 0 atom stereocenters. The van der Waals surface area contributed by atoms with E-state index >= 15 is 0 Å². The molecule has 0 heterocycles. The number of alkyl halides is 3. The number of amides is 1. The van der Waals surface area contributed by atoms with Gasteiger partial charge in [-0.15, -0.1) is 0 Å². The molecule has 1 aromatic rings. The van der Waals surface area contributed by atoms with Crippen LogP contribution in [0.3, 0.4) is 0 Å². The molecule has 1 N–H and O–H groups in total. The zero-order valence-corrected chi connectivity index (χ0v) is 9.05. The van der Waals surface area contributed by atoms with Gasteiger partial charge < -0.3 is 5.32 Å². The Morgan fingerprint density at radius 3 is 2.29 bits per heavy atom. The van der Waals surface area contributed by atoms with Gasteiger partial charge in [0.25, 0.3) is 0 Å². The van der Waals surface area contributed by atoms with E-state index in [1.807, 2.05) is 11.4 Å². The zero-order valence-electron chi connectivity index (χ0n) is 9.05. The van der Waals surface area contributed by atoms with Gasteiger partial charge in [-0.05, 0) is 18.4 Å². The van der Waals surface area contributed by atoms with Crippen LogP contribution >= 0.6 is 0 Å². The summed E-state index contributed by atoms with van der Waals surface area (Å²) in [6, 6.07) is 8.94. The summed E-state index contributed by atoms with van der Waals surface area (Å²) >= 11 is 0. The first-order chi connectivity index (χ1) is 7.94. The quantitative estimate of drug-likeness (QED) is 0.867. The van der Waals surface area contributed by atoms with E-state index in [1.54, 1.807) is 24.3 Å². The summed E-state index contributed by atoms with van der Waals surface area (Å²) in [6.45, 7) is -1.26. The molecule has 0 bridgehead atoms. The number of halogens is 3. The van der Waals surface area contributed by atoms with E-state index in [9.17, 15) is 18.0 Å². The molecule has 1 aliphatic rings. The van der Waals surface area contributed by atoms with Crippen molar-refractivity contribution in [3.63, 3.8) is 0 Å². The molecule has 92 valence electrons. The molecule has 1 aromatic carbocycles. The van der Waals surface area contributed by atoms with Crippen molar-refractivity contribution in [2.24, 2.45) is 0 Å². The summed E-state index contributed by atoms with van der Waals surface area (Å²) in [5.74, 6) is -0.527. The lowest BCUT2D eigenvalue weighted by Crippen LogP contribution is -2.40. The predicted octanol–water partition coefficient (Wildman–Crippen LogP) is 2.40. The molecule has 2 rings (SSSR count). The van der Waals surface area contributed by atoms with Gasteiger partial charge in [-0.2, -0.15) is 13.2 Å². The fourth-order valence-electron chi connectivity index (χ4n) is 1.88. The van der Waals surface area contributed by atoms with Crippen molar-refractivity contribution < 1.29 is 18.0 Å². The third-order valence-corrected chi connectivity index (χ3v) is 2.96. The second-order valence-electron chi connectivity index (χ2n) is 4.25. The highest BCUT2D eigenvalue weighted by Crippen LogP contribution is 2.48. The summed E-state index contributed by atoms with van der Waals surface area (Å²) in [6.07, 6.45) is -3.14. The van der Waals surface area contributed by atoms with E-state index in [0.717, 1.165) is 5.56 Å². The van der Waals surface area contributed by atoms with E-state index in [1.165, 1.54) is 0 Å². The molecule has 0 radical (unpaired) electrons. The zero-order chi connectivity index (χ0) is 12.5. The van der Waals surface area contributed by atoms with Crippen LogP contribution in [0.2, 0.25) is 0 Å². The molecule has 0 unspecified atom stereocenters. The van der Waals surface area contributed by atoms with Gasteiger partial charge >= 0.3 is 6.18 Å². The Morgan fingerprint density at radius 2 is 1.82 bits per heavy atom. The molecule has 1 saturated carbocycles. The number of hydrogen-bond donors (Lipinski definition) is 1. The normalized spacial score (nSPS) is 17.6. The lowest BCUT2D eigenvalue weighted by molar-refractivity contribution is -0.139. The Bertz CT molecular complexity index is 410. The van der Waals surface area contributed by atoms with Gasteiger partial charge in [0.05, 0.1) is 5.41 Å². The van der Waals surface area contributed by atoms with E-state index in [-0.39, 0.29) is 0 Å². The minimum atomic E-state index is -4.36. The molecule has 1 fully saturated rings. The molecule has 17 heavy (non-hydrogen) atoms. The Balaban J connectivity index is 2.05. The van der Waals surface area contributed by atoms with Gasteiger partial charge in [0, 0.05) is 0 Å². The van der Waals surface area contributed by atoms with Crippen molar-refractivity contribution in [1.82, 2.24) is 5.32 Å². The summed E-state index contributed by atoms with van der Waals surface area (Å²) in [5, 5.41) is 1.96. The maximum absolute atomic E-state index is 12.0. The van der Waals surface area contributed by atoms with Crippen molar-refractivity contribution in [2.45, 2.75) is 24.4 Å². The second kappa shape index (κ2) is 4.05. The summed E-state index contributed by atoms with van der Waals surface area (Å²) in [5.41, 5.74) is 0.0617. The number of carbonyl (C=O) groups excluding carboxylic acids is 1. The SMILES string of the molecule is O=C(NCC(F)(F)F)C1(c2ccccc2)CC1.